The van der Waals surface area contributed by atoms with Crippen molar-refractivity contribution in [3.8, 4) is 0 Å². The van der Waals surface area contributed by atoms with Gasteiger partial charge in [0.15, 0.2) is 0 Å². The van der Waals surface area contributed by atoms with Crippen LogP contribution in [0, 0.1) is 0 Å². The lowest BCUT2D eigenvalue weighted by Gasteiger charge is -2.16. The molecule has 8 heteroatoms. The first-order valence-corrected chi connectivity index (χ1v) is 17.1. The van der Waals surface area contributed by atoms with E-state index in [2.05, 4.69) is 21.2 Å². The second kappa shape index (κ2) is 27.6. The molecule has 41 heavy (non-hydrogen) atoms. The smallest absolute Gasteiger partial charge is 0.407 e. The van der Waals surface area contributed by atoms with Crippen molar-refractivity contribution >= 4 is 22.0 Å². The van der Waals surface area contributed by atoms with Crippen LogP contribution in [0.5, 0.6) is 0 Å². The van der Waals surface area contributed by atoms with Crippen LogP contribution >= 0.6 is 15.9 Å². The molecule has 1 aromatic rings. The molecule has 0 aromatic heterocycles. The molecule has 0 fully saturated rings. The molecule has 7 nitrogen and oxygen atoms in total. The maximum absolute atomic E-state index is 11.9. The van der Waals surface area contributed by atoms with Crippen LogP contribution in [0.25, 0.3) is 0 Å². The van der Waals surface area contributed by atoms with Crippen molar-refractivity contribution in [2.24, 2.45) is 0 Å². The molecule has 1 amide bonds. The van der Waals surface area contributed by atoms with Gasteiger partial charge in [-0.2, -0.15) is 0 Å². The van der Waals surface area contributed by atoms with Crippen molar-refractivity contribution < 1.29 is 29.6 Å². The Hall–Kier alpha value is -1.19. The van der Waals surface area contributed by atoms with E-state index in [1.54, 1.807) is 0 Å². The minimum absolute atomic E-state index is 0.132. The van der Waals surface area contributed by atoms with E-state index in [1.165, 1.54) is 64.2 Å². The number of unbranched alkanes of at least 4 members (excludes halogenated alkanes) is 13. The van der Waals surface area contributed by atoms with Gasteiger partial charge < -0.3 is 30.1 Å². The van der Waals surface area contributed by atoms with Crippen LogP contribution in [0.2, 0.25) is 0 Å². The highest BCUT2D eigenvalue weighted by Crippen LogP contribution is 2.16. The Morgan fingerprint density at radius 1 is 0.732 bits per heavy atom. The molecule has 0 heterocycles. The zero-order chi connectivity index (χ0) is 29.8. The minimum Gasteiger partial charge on any atom is -0.445 e. The minimum atomic E-state index is -0.550. The van der Waals surface area contributed by atoms with Crippen LogP contribution in [0.3, 0.4) is 0 Å². The summed E-state index contributed by atoms with van der Waals surface area (Å²) in [4.78, 5) is 12.2. The third-order valence-corrected chi connectivity index (χ3v) is 8.15. The molecule has 0 spiro atoms. The number of halogens is 1. The molecule has 0 aliphatic heterocycles. The van der Waals surface area contributed by atoms with Crippen molar-refractivity contribution in [3.05, 3.63) is 35.9 Å². The highest BCUT2D eigenvalue weighted by molar-refractivity contribution is 9.09. The van der Waals surface area contributed by atoms with Gasteiger partial charge in [0.25, 0.3) is 0 Å². The third kappa shape index (κ3) is 24.0. The summed E-state index contributed by atoms with van der Waals surface area (Å²) in [6.45, 7) is 1.14. The largest absolute Gasteiger partial charge is 0.445 e. The van der Waals surface area contributed by atoms with E-state index in [0.717, 1.165) is 56.9 Å². The number of aliphatic hydroxyl groups excluding tert-OH is 3. The Kier molecular flexibility index (Phi) is 25.5. The summed E-state index contributed by atoms with van der Waals surface area (Å²) in [6, 6.07) is 9.02. The molecule has 4 N–H and O–H groups in total. The highest BCUT2D eigenvalue weighted by atomic mass is 79.9. The quantitative estimate of drug-likeness (QED) is 0.0559. The molecule has 3 atom stereocenters. The molecule has 238 valence electrons. The van der Waals surface area contributed by atoms with Gasteiger partial charge in [-0.3, -0.25) is 0 Å². The monoisotopic (exact) mass is 643 g/mol. The van der Waals surface area contributed by atoms with Crippen LogP contribution in [0.4, 0.5) is 4.79 Å². The predicted molar refractivity (Wildman–Crippen MR) is 170 cm³/mol. The lowest BCUT2D eigenvalue weighted by atomic mass is 10.0. The fourth-order valence-corrected chi connectivity index (χ4v) is 5.13. The number of aliphatic hydroxyl groups is 3. The molecular weight excluding hydrogens is 586 g/mol. The average Bonchev–Trinajstić information content (AvgIpc) is 2.99. The number of carbonyl (C=O) groups is 1. The van der Waals surface area contributed by atoms with Gasteiger partial charge >= 0.3 is 6.09 Å². The van der Waals surface area contributed by atoms with E-state index < -0.39 is 12.1 Å². The van der Waals surface area contributed by atoms with E-state index in [1.807, 2.05) is 30.3 Å². The van der Waals surface area contributed by atoms with E-state index >= 15 is 0 Å². The highest BCUT2D eigenvalue weighted by Gasteiger charge is 2.12. The molecule has 0 bridgehead atoms. The SMILES string of the molecule is O=C(N[C@@H](CO)COCCCCCCCCCCCCC(O)CCCCCCC[C@@H](Br)CO)OCc1ccccc1. The fourth-order valence-electron chi connectivity index (χ4n) is 4.81. The lowest BCUT2D eigenvalue weighted by Crippen LogP contribution is -2.41. The molecule has 0 saturated heterocycles. The van der Waals surface area contributed by atoms with Gasteiger partial charge in [-0.1, -0.05) is 136 Å². The van der Waals surface area contributed by atoms with Gasteiger partial charge in [0.05, 0.1) is 32.0 Å². The predicted octanol–water partition coefficient (Wildman–Crippen LogP) is 7.43. The third-order valence-electron chi connectivity index (χ3n) is 7.40. The van der Waals surface area contributed by atoms with Crippen LogP contribution in [0.1, 0.15) is 121 Å². The Morgan fingerprint density at radius 3 is 1.78 bits per heavy atom. The number of carbonyl (C=O) groups excluding carboxylic acids is 1. The first-order chi connectivity index (χ1) is 20.0. The number of benzene rings is 1. The average molecular weight is 645 g/mol. The second-order valence-corrected chi connectivity index (χ2v) is 12.6. The summed E-state index contributed by atoms with van der Waals surface area (Å²) in [5.74, 6) is 0. The number of alkyl carbamates (subject to hydrolysis) is 1. The summed E-state index contributed by atoms with van der Waals surface area (Å²) in [5, 5.41) is 31.3. The van der Waals surface area contributed by atoms with Crippen LogP contribution in [-0.2, 0) is 16.1 Å². The Bertz CT molecular complexity index is 710. The Balaban J connectivity index is 1.82. The van der Waals surface area contributed by atoms with Crippen LogP contribution < -0.4 is 5.32 Å². The van der Waals surface area contributed by atoms with Crippen LogP contribution in [0.15, 0.2) is 30.3 Å². The number of nitrogens with one attached hydrogen (secondary N) is 1. The van der Waals surface area contributed by atoms with Crippen molar-refractivity contribution in [1.29, 1.82) is 0 Å². The number of rotatable bonds is 28. The first-order valence-electron chi connectivity index (χ1n) is 16.1. The summed E-state index contributed by atoms with van der Waals surface area (Å²) in [6.07, 6.45) is 20.2. The Morgan fingerprint density at radius 2 is 1.24 bits per heavy atom. The molecular formula is C33H58BrNO6. The van der Waals surface area contributed by atoms with Gasteiger partial charge in [0.2, 0.25) is 0 Å². The number of hydrogen-bond donors (Lipinski definition) is 4. The summed E-state index contributed by atoms with van der Waals surface area (Å²) < 4.78 is 10.8. The zero-order valence-electron chi connectivity index (χ0n) is 25.3. The maximum atomic E-state index is 11.9. The number of hydrogen-bond acceptors (Lipinski definition) is 6. The maximum Gasteiger partial charge on any atom is 0.407 e. The molecule has 1 unspecified atom stereocenters. The molecule has 0 aliphatic carbocycles. The van der Waals surface area contributed by atoms with Gasteiger partial charge in [-0.05, 0) is 31.2 Å². The van der Waals surface area contributed by atoms with E-state index in [9.17, 15) is 15.0 Å². The summed E-state index contributed by atoms with van der Waals surface area (Å²) in [5.41, 5.74) is 0.916. The van der Waals surface area contributed by atoms with Gasteiger partial charge in [-0.15, -0.1) is 0 Å². The fraction of sp³-hybridized carbons (Fsp3) is 0.788. The van der Waals surface area contributed by atoms with E-state index in [-0.39, 0.29) is 37.4 Å². The molecule has 1 aromatic carbocycles. The van der Waals surface area contributed by atoms with Crippen molar-refractivity contribution in [2.45, 2.75) is 139 Å². The Labute approximate surface area is 257 Å². The number of amides is 1. The lowest BCUT2D eigenvalue weighted by molar-refractivity contribution is 0.0769. The normalized spacial score (nSPS) is 13.6. The van der Waals surface area contributed by atoms with Crippen molar-refractivity contribution in [3.63, 3.8) is 0 Å². The van der Waals surface area contributed by atoms with Crippen LogP contribution in [-0.4, -0.2) is 64.8 Å². The number of ether oxygens (including phenoxy) is 2. The molecule has 0 saturated carbocycles. The molecule has 0 aliphatic rings. The van der Waals surface area contributed by atoms with E-state index in [0.29, 0.717) is 6.61 Å². The molecule has 1 rings (SSSR count). The van der Waals surface area contributed by atoms with Gasteiger partial charge in [-0.25, -0.2) is 4.79 Å². The first kappa shape index (κ1) is 37.8. The second-order valence-electron chi connectivity index (χ2n) is 11.3. The standard InChI is InChI=1S/C33H58BrNO6/c34-30(25-36)21-15-8-7-10-17-23-32(38)22-16-9-5-3-1-2-4-6-11-18-24-40-28-31(26-37)35-33(39)41-27-29-19-13-12-14-20-29/h12-14,19-20,30-32,36-38H,1-11,15-18,21-28H2,(H,35,39)/t30-,31+,32?/m1/s1. The summed E-state index contributed by atoms with van der Waals surface area (Å²) >= 11 is 3.46. The number of alkyl halides is 1. The summed E-state index contributed by atoms with van der Waals surface area (Å²) in [7, 11) is 0. The van der Waals surface area contributed by atoms with Gasteiger partial charge in [0, 0.05) is 11.4 Å². The van der Waals surface area contributed by atoms with E-state index in [4.69, 9.17) is 14.6 Å². The van der Waals surface area contributed by atoms with Crippen molar-refractivity contribution in [2.75, 3.05) is 26.4 Å². The zero-order valence-corrected chi connectivity index (χ0v) is 26.9. The molecule has 0 radical (unpaired) electrons. The van der Waals surface area contributed by atoms with Gasteiger partial charge in [0.1, 0.15) is 6.61 Å². The topological polar surface area (TPSA) is 108 Å². The van der Waals surface area contributed by atoms with Crippen molar-refractivity contribution in [1.82, 2.24) is 5.32 Å².